The van der Waals surface area contributed by atoms with Gasteiger partial charge in [0.05, 0.1) is 21.2 Å². The number of hydrogen-bond donors (Lipinski definition) is 2. The zero-order valence-corrected chi connectivity index (χ0v) is 27.3. The van der Waals surface area contributed by atoms with E-state index in [1.54, 1.807) is 23.6 Å². The average molecular weight is 645 g/mol. The van der Waals surface area contributed by atoms with E-state index in [9.17, 15) is 23.1 Å². The summed E-state index contributed by atoms with van der Waals surface area (Å²) in [6, 6.07) is 15.4. The zero-order chi connectivity index (χ0) is 31.0. The number of unbranched alkanes of at least 4 members (excludes halogenated alkanes) is 2. The third-order valence-corrected chi connectivity index (χ3v) is 11.5. The van der Waals surface area contributed by atoms with E-state index < -0.39 is 39.8 Å². The molecule has 3 aromatic rings. The lowest BCUT2D eigenvalue weighted by Gasteiger charge is -2.37. The number of anilines is 2. The van der Waals surface area contributed by atoms with Crippen LogP contribution in [0.4, 0.5) is 11.4 Å². The summed E-state index contributed by atoms with van der Waals surface area (Å²) < 4.78 is 34.3. The number of ether oxygens (including phenoxy) is 1. The smallest absolute Gasteiger partial charge is 0.331 e. The van der Waals surface area contributed by atoms with Gasteiger partial charge < -0.3 is 20.1 Å². The summed E-state index contributed by atoms with van der Waals surface area (Å²) in [6.45, 7) is 4.39. The van der Waals surface area contributed by atoms with Crippen LogP contribution in [0.5, 0.6) is 5.75 Å². The number of carbonyl (C=O) groups is 2. The van der Waals surface area contributed by atoms with Crippen molar-refractivity contribution in [3.63, 3.8) is 0 Å². The van der Waals surface area contributed by atoms with Gasteiger partial charge in [0.1, 0.15) is 5.75 Å². The molecule has 1 aromatic heterocycles. The topological polar surface area (TPSA) is 113 Å². The monoisotopic (exact) mass is 644 g/mol. The number of carbonyl (C=O) groups excluding carboxylic acids is 1. The Bertz CT molecular complexity index is 1480. The first-order chi connectivity index (χ1) is 20.6. The van der Waals surface area contributed by atoms with Crippen molar-refractivity contribution in [3.05, 3.63) is 64.9 Å². The number of amides is 1. The minimum absolute atomic E-state index is 0.0377. The first-order valence-electron chi connectivity index (χ1n) is 14.6. The molecule has 43 heavy (non-hydrogen) atoms. The summed E-state index contributed by atoms with van der Waals surface area (Å²) in [7, 11) is -3.74. The second-order valence-corrected chi connectivity index (χ2v) is 14.8. The van der Waals surface area contributed by atoms with Crippen LogP contribution in [0.3, 0.4) is 0 Å². The number of fused-ring (bicyclic) bond motifs is 1. The molecule has 1 atom stereocenters. The van der Waals surface area contributed by atoms with Crippen molar-refractivity contribution in [3.8, 4) is 5.75 Å². The lowest BCUT2D eigenvalue weighted by molar-refractivity contribution is -0.142. The lowest BCUT2D eigenvalue weighted by atomic mass is 9.79. The molecule has 2 N–H and O–H groups in total. The number of rotatable bonds is 14. The molecule has 0 radical (unpaired) electrons. The first kappa shape index (κ1) is 32.9. The number of nitrogens with one attached hydrogen (secondary N) is 1. The van der Waals surface area contributed by atoms with Gasteiger partial charge in [-0.05, 0) is 48.7 Å². The molecule has 0 fully saturated rings. The fourth-order valence-corrected chi connectivity index (χ4v) is 9.07. The second-order valence-electron chi connectivity index (χ2n) is 11.0. The predicted octanol–water partition coefficient (Wildman–Crippen LogP) is 7.08. The highest BCUT2D eigenvalue weighted by molar-refractivity contribution is 7.98. The molecule has 1 unspecified atom stereocenters. The van der Waals surface area contributed by atoms with Crippen LogP contribution in [0.1, 0.15) is 63.3 Å². The van der Waals surface area contributed by atoms with E-state index in [0.29, 0.717) is 22.0 Å². The van der Waals surface area contributed by atoms with Gasteiger partial charge in [-0.2, -0.15) is 0 Å². The number of thiophene rings is 1. The van der Waals surface area contributed by atoms with E-state index in [2.05, 4.69) is 24.1 Å². The van der Waals surface area contributed by atoms with Crippen LogP contribution < -0.4 is 15.0 Å². The number of nitrogens with zero attached hydrogens (tertiary/aromatic N) is 1. The number of para-hydroxylation sites is 1. The van der Waals surface area contributed by atoms with E-state index in [0.717, 1.165) is 44.2 Å². The number of benzene rings is 2. The van der Waals surface area contributed by atoms with E-state index >= 15 is 0 Å². The predicted molar refractivity (Wildman–Crippen MR) is 174 cm³/mol. The van der Waals surface area contributed by atoms with Crippen LogP contribution in [-0.2, 0) is 19.4 Å². The zero-order valence-electron chi connectivity index (χ0n) is 24.9. The van der Waals surface area contributed by atoms with Crippen LogP contribution in [0, 0.1) is 5.41 Å². The van der Waals surface area contributed by atoms with Gasteiger partial charge in [0.25, 0.3) is 5.91 Å². The highest BCUT2D eigenvalue weighted by Crippen LogP contribution is 2.47. The minimum atomic E-state index is -3.74. The summed E-state index contributed by atoms with van der Waals surface area (Å²) in [5.74, 6) is -1.48. The number of carboxylic acids is 1. The molecule has 0 saturated carbocycles. The molecule has 8 nitrogen and oxygen atoms in total. The van der Waals surface area contributed by atoms with Gasteiger partial charge in [0, 0.05) is 28.6 Å². The molecule has 2 heterocycles. The van der Waals surface area contributed by atoms with Crippen LogP contribution in [0.15, 0.2) is 69.8 Å². The summed E-state index contributed by atoms with van der Waals surface area (Å²) in [5.41, 5.74) is 1.10. The van der Waals surface area contributed by atoms with E-state index in [1.807, 2.05) is 42.7 Å². The van der Waals surface area contributed by atoms with Crippen molar-refractivity contribution in [2.24, 2.45) is 5.41 Å². The van der Waals surface area contributed by atoms with Crippen molar-refractivity contribution >= 4 is 56.2 Å². The van der Waals surface area contributed by atoms with E-state index in [1.165, 1.54) is 23.1 Å². The molecular formula is C32H40N2O6S3. The van der Waals surface area contributed by atoms with Crippen molar-refractivity contribution in [2.75, 3.05) is 30.1 Å². The Hall–Kier alpha value is -3.02. The van der Waals surface area contributed by atoms with Gasteiger partial charge in [-0.3, -0.25) is 4.79 Å². The fraction of sp³-hybridized carbons (Fsp3) is 0.438. The van der Waals surface area contributed by atoms with Crippen molar-refractivity contribution in [2.45, 2.75) is 68.2 Å². The van der Waals surface area contributed by atoms with Crippen LogP contribution in [0.25, 0.3) is 0 Å². The molecule has 232 valence electrons. The fourth-order valence-electron chi connectivity index (χ4n) is 5.64. The Labute approximate surface area is 262 Å². The summed E-state index contributed by atoms with van der Waals surface area (Å²) in [6.07, 6.45) is 7.36. The number of aliphatic carboxylic acids is 1. The molecule has 4 rings (SSSR count). The standard InChI is InChI=1S/C32H40N2O6S3/c1-4-6-15-32(16-7-5-2)21-34(23-12-9-8-10-13-23)24-18-27(41-3)25(19-28(24)43(38,39)22-32)40-20-29(35)33-30(31(36)37)26-14-11-17-42-26/h8-14,17-19,30H,4-7,15-16,20-22H2,1-3H3,(H,33,35)(H,36,37). The first-order valence-corrected chi connectivity index (χ1v) is 18.3. The number of carboxylic acid groups (broad SMARTS) is 1. The molecular weight excluding hydrogens is 605 g/mol. The van der Waals surface area contributed by atoms with Crippen molar-refractivity contribution in [1.29, 1.82) is 0 Å². The Morgan fingerprint density at radius 3 is 2.37 bits per heavy atom. The summed E-state index contributed by atoms with van der Waals surface area (Å²) in [4.78, 5) is 28.1. The highest BCUT2D eigenvalue weighted by Gasteiger charge is 2.42. The summed E-state index contributed by atoms with van der Waals surface area (Å²) >= 11 is 2.63. The van der Waals surface area contributed by atoms with Gasteiger partial charge in [-0.1, -0.05) is 63.8 Å². The number of hydrogen-bond acceptors (Lipinski definition) is 8. The molecule has 11 heteroatoms. The Balaban J connectivity index is 1.72. The Morgan fingerprint density at radius 2 is 1.79 bits per heavy atom. The van der Waals surface area contributed by atoms with Gasteiger partial charge in [0.2, 0.25) is 0 Å². The minimum Gasteiger partial charge on any atom is -0.483 e. The maximum Gasteiger partial charge on any atom is 0.331 e. The normalized spacial score (nSPS) is 16.1. The Kier molecular flexibility index (Phi) is 11.2. The second kappa shape index (κ2) is 14.6. The van der Waals surface area contributed by atoms with Crippen LogP contribution in [-0.4, -0.2) is 50.6 Å². The lowest BCUT2D eigenvalue weighted by Crippen LogP contribution is -2.38. The average Bonchev–Trinajstić information content (AvgIpc) is 3.51. The molecule has 0 bridgehead atoms. The molecule has 0 aliphatic carbocycles. The SMILES string of the molecule is CCCCC1(CCCC)CN(c2ccccc2)c2cc(SC)c(OCC(=O)NC(C(=O)O)c3cccs3)cc2S(=O)(=O)C1. The number of sulfone groups is 1. The third kappa shape index (κ3) is 7.93. The molecule has 1 aliphatic rings. The largest absolute Gasteiger partial charge is 0.483 e. The highest BCUT2D eigenvalue weighted by atomic mass is 32.2. The maximum atomic E-state index is 14.2. The maximum absolute atomic E-state index is 14.2. The van der Waals surface area contributed by atoms with Crippen molar-refractivity contribution in [1.82, 2.24) is 5.32 Å². The molecule has 1 aliphatic heterocycles. The van der Waals surface area contributed by atoms with Gasteiger partial charge in [-0.15, -0.1) is 23.1 Å². The van der Waals surface area contributed by atoms with E-state index in [-0.39, 0.29) is 16.4 Å². The summed E-state index contributed by atoms with van der Waals surface area (Å²) in [5, 5.41) is 13.9. The van der Waals surface area contributed by atoms with Gasteiger partial charge in [-0.25, -0.2) is 13.2 Å². The quantitative estimate of drug-likeness (QED) is 0.179. The molecule has 1 amide bonds. The number of thioether (sulfide) groups is 1. The molecule has 0 spiro atoms. The molecule has 2 aromatic carbocycles. The third-order valence-electron chi connectivity index (χ3n) is 7.79. The van der Waals surface area contributed by atoms with E-state index in [4.69, 9.17) is 4.74 Å². The Morgan fingerprint density at radius 1 is 1.09 bits per heavy atom. The van der Waals surface area contributed by atoms with Gasteiger partial charge in [0.15, 0.2) is 22.5 Å². The van der Waals surface area contributed by atoms with Crippen LogP contribution in [0.2, 0.25) is 0 Å². The van der Waals surface area contributed by atoms with Crippen LogP contribution >= 0.6 is 23.1 Å². The van der Waals surface area contributed by atoms with Crippen molar-refractivity contribution < 1.29 is 27.9 Å². The molecule has 0 saturated heterocycles. The van der Waals surface area contributed by atoms with Gasteiger partial charge >= 0.3 is 5.97 Å².